The molecule has 1 nitrogen and oxygen atoms in total. The first-order valence-corrected chi connectivity index (χ1v) is 7.00. The van der Waals surface area contributed by atoms with Gasteiger partial charge in [0.05, 0.1) is 0 Å². The highest BCUT2D eigenvalue weighted by molar-refractivity contribution is 7.99. The van der Waals surface area contributed by atoms with Crippen molar-refractivity contribution in [3.05, 3.63) is 59.2 Å². The highest BCUT2D eigenvalue weighted by Gasteiger charge is 2.05. The van der Waals surface area contributed by atoms with Crippen LogP contribution < -0.4 is 5.32 Å². The summed E-state index contributed by atoms with van der Waals surface area (Å²) in [6.45, 7) is 5.22. The van der Waals surface area contributed by atoms with Gasteiger partial charge in [0.25, 0.3) is 0 Å². The smallest absolute Gasteiger partial charge is 0.0213 e. The Morgan fingerprint density at radius 1 is 1.00 bits per heavy atom. The minimum absolute atomic E-state index is 0.911. The van der Waals surface area contributed by atoms with Crippen molar-refractivity contribution in [3.63, 3.8) is 0 Å². The average Bonchev–Trinajstić information content (AvgIpc) is 2.35. The summed E-state index contributed by atoms with van der Waals surface area (Å²) in [5, 5.41) is 3.22. The largest absolute Gasteiger partial charge is 0.316 e. The summed E-state index contributed by atoms with van der Waals surface area (Å²) in [4.78, 5) is 2.67. The third-order valence-corrected chi connectivity index (χ3v) is 4.19. The molecule has 2 heteroatoms. The summed E-state index contributed by atoms with van der Waals surface area (Å²) in [6, 6.07) is 15.2. The highest BCUT2D eigenvalue weighted by atomic mass is 32.2. The van der Waals surface area contributed by atoms with Crippen molar-refractivity contribution in [2.45, 2.75) is 30.2 Å². The Morgan fingerprint density at radius 2 is 1.78 bits per heavy atom. The maximum Gasteiger partial charge on any atom is 0.0213 e. The van der Waals surface area contributed by atoms with Crippen LogP contribution in [-0.2, 0) is 6.54 Å². The van der Waals surface area contributed by atoms with Crippen molar-refractivity contribution < 1.29 is 0 Å². The molecule has 0 aliphatic rings. The van der Waals surface area contributed by atoms with E-state index >= 15 is 0 Å². The van der Waals surface area contributed by atoms with E-state index in [4.69, 9.17) is 0 Å². The molecule has 94 valence electrons. The van der Waals surface area contributed by atoms with E-state index in [0.29, 0.717) is 0 Å². The normalized spacial score (nSPS) is 10.6. The van der Waals surface area contributed by atoms with Crippen LogP contribution in [0, 0.1) is 13.8 Å². The van der Waals surface area contributed by atoms with E-state index in [1.807, 2.05) is 18.8 Å². The lowest BCUT2D eigenvalue weighted by Gasteiger charge is -2.10. The maximum absolute atomic E-state index is 3.22. The van der Waals surface area contributed by atoms with Crippen LogP contribution in [0.2, 0.25) is 0 Å². The van der Waals surface area contributed by atoms with Gasteiger partial charge in [0.1, 0.15) is 0 Å². The molecule has 0 heterocycles. The second-order valence-corrected chi connectivity index (χ2v) is 5.59. The van der Waals surface area contributed by atoms with Gasteiger partial charge < -0.3 is 5.32 Å². The van der Waals surface area contributed by atoms with Gasteiger partial charge in [-0.05, 0) is 44.2 Å². The molecule has 0 saturated carbocycles. The van der Waals surface area contributed by atoms with Crippen molar-refractivity contribution in [1.82, 2.24) is 5.32 Å². The molecular formula is C16H19NS. The Kier molecular flexibility index (Phi) is 4.45. The summed E-state index contributed by atoms with van der Waals surface area (Å²) in [7, 11) is 1.98. The van der Waals surface area contributed by atoms with Crippen LogP contribution in [0.3, 0.4) is 0 Å². The standard InChI is InChI=1S/C16H19NS/c1-12-8-9-15(13(2)10-12)18-16-7-5-4-6-14(16)11-17-3/h4-10,17H,11H2,1-3H3. The first-order valence-electron chi connectivity index (χ1n) is 6.18. The van der Waals surface area contributed by atoms with Gasteiger partial charge in [-0.25, -0.2) is 0 Å². The molecule has 2 rings (SSSR count). The van der Waals surface area contributed by atoms with Crippen LogP contribution in [-0.4, -0.2) is 7.05 Å². The zero-order chi connectivity index (χ0) is 13.0. The molecule has 0 atom stereocenters. The Hall–Kier alpha value is -1.25. The van der Waals surface area contributed by atoms with Crippen LogP contribution in [0.1, 0.15) is 16.7 Å². The number of benzene rings is 2. The Morgan fingerprint density at radius 3 is 2.50 bits per heavy atom. The molecule has 0 aromatic heterocycles. The fraction of sp³-hybridized carbons (Fsp3) is 0.250. The van der Waals surface area contributed by atoms with E-state index in [0.717, 1.165) is 6.54 Å². The third kappa shape index (κ3) is 3.15. The number of aryl methyl sites for hydroxylation is 2. The summed E-state index contributed by atoms with van der Waals surface area (Å²) >= 11 is 1.85. The van der Waals surface area contributed by atoms with E-state index < -0.39 is 0 Å². The molecule has 2 aromatic carbocycles. The van der Waals surface area contributed by atoms with Crippen molar-refractivity contribution in [2.75, 3.05) is 7.05 Å². The number of hydrogen-bond donors (Lipinski definition) is 1. The highest BCUT2D eigenvalue weighted by Crippen LogP contribution is 2.32. The quantitative estimate of drug-likeness (QED) is 0.882. The SMILES string of the molecule is CNCc1ccccc1Sc1ccc(C)cc1C. The van der Waals surface area contributed by atoms with Gasteiger partial charge in [0.2, 0.25) is 0 Å². The lowest BCUT2D eigenvalue weighted by Crippen LogP contribution is -2.05. The number of rotatable bonds is 4. The van der Waals surface area contributed by atoms with Gasteiger partial charge in [-0.15, -0.1) is 0 Å². The molecule has 2 aromatic rings. The van der Waals surface area contributed by atoms with Crippen molar-refractivity contribution in [2.24, 2.45) is 0 Å². The van der Waals surface area contributed by atoms with Crippen molar-refractivity contribution in [1.29, 1.82) is 0 Å². The summed E-state index contributed by atoms with van der Waals surface area (Å²) in [6.07, 6.45) is 0. The number of hydrogen-bond acceptors (Lipinski definition) is 2. The monoisotopic (exact) mass is 257 g/mol. The molecule has 0 bridgehead atoms. The Balaban J connectivity index is 2.28. The predicted molar refractivity (Wildman–Crippen MR) is 79.2 cm³/mol. The van der Waals surface area contributed by atoms with Crippen molar-refractivity contribution >= 4 is 11.8 Å². The molecular weight excluding hydrogens is 238 g/mol. The minimum atomic E-state index is 0.911. The molecule has 0 radical (unpaired) electrons. The fourth-order valence-corrected chi connectivity index (χ4v) is 2.98. The van der Waals surface area contributed by atoms with E-state index in [-0.39, 0.29) is 0 Å². The molecule has 0 aliphatic carbocycles. The lowest BCUT2D eigenvalue weighted by molar-refractivity contribution is 0.803. The molecule has 0 unspecified atom stereocenters. The lowest BCUT2D eigenvalue weighted by atomic mass is 10.2. The van der Waals surface area contributed by atoms with Crippen LogP contribution in [0.5, 0.6) is 0 Å². The van der Waals surface area contributed by atoms with E-state index in [1.54, 1.807) is 0 Å². The van der Waals surface area contributed by atoms with Gasteiger partial charge in [0.15, 0.2) is 0 Å². The molecule has 1 N–H and O–H groups in total. The van der Waals surface area contributed by atoms with Gasteiger partial charge in [-0.2, -0.15) is 0 Å². The predicted octanol–water partition coefficient (Wildman–Crippen LogP) is 4.17. The van der Waals surface area contributed by atoms with Crippen LogP contribution in [0.15, 0.2) is 52.3 Å². The average molecular weight is 257 g/mol. The molecule has 18 heavy (non-hydrogen) atoms. The third-order valence-electron chi connectivity index (χ3n) is 2.89. The van der Waals surface area contributed by atoms with Crippen LogP contribution in [0.4, 0.5) is 0 Å². The van der Waals surface area contributed by atoms with Crippen molar-refractivity contribution in [3.8, 4) is 0 Å². The zero-order valence-electron chi connectivity index (χ0n) is 11.2. The summed E-state index contributed by atoms with van der Waals surface area (Å²) < 4.78 is 0. The van der Waals surface area contributed by atoms with Gasteiger partial charge in [-0.3, -0.25) is 0 Å². The summed E-state index contributed by atoms with van der Waals surface area (Å²) in [5.74, 6) is 0. The number of nitrogens with one attached hydrogen (secondary N) is 1. The molecule has 0 fully saturated rings. The van der Waals surface area contributed by atoms with E-state index in [9.17, 15) is 0 Å². The topological polar surface area (TPSA) is 12.0 Å². The molecule has 0 spiro atoms. The first-order chi connectivity index (χ1) is 8.70. The first kappa shape index (κ1) is 13.2. The molecule has 0 amide bonds. The minimum Gasteiger partial charge on any atom is -0.316 e. The van der Waals surface area contributed by atoms with E-state index in [1.165, 1.54) is 26.5 Å². The van der Waals surface area contributed by atoms with Crippen LogP contribution in [0.25, 0.3) is 0 Å². The van der Waals surface area contributed by atoms with Gasteiger partial charge >= 0.3 is 0 Å². The fourth-order valence-electron chi connectivity index (χ4n) is 1.97. The maximum atomic E-state index is 3.22. The van der Waals surface area contributed by atoms with Crippen LogP contribution >= 0.6 is 11.8 Å². The second kappa shape index (κ2) is 6.07. The second-order valence-electron chi connectivity index (χ2n) is 4.51. The molecule has 0 saturated heterocycles. The van der Waals surface area contributed by atoms with E-state index in [2.05, 4.69) is 61.6 Å². The Bertz CT molecular complexity index is 534. The molecule has 0 aliphatic heterocycles. The Labute approximate surface area is 114 Å². The van der Waals surface area contributed by atoms with Gasteiger partial charge in [-0.1, -0.05) is 47.7 Å². The zero-order valence-corrected chi connectivity index (χ0v) is 12.0. The summed E-state index contributed by atoms with van der Waals surface area (Å²) in [5.41, 5.74) is 4.02. The van der Waals surface area contributed by atoms with Gasteiger partial charge in [0, 0.05) is 16.3 Å².